The second-order valence-electron chi connectivity index (χ2n) is 4.57. The van der Waals surface area contributed by atoms with Crippen LogP contribution in [-0.4, -0.2) is 16.1 Å². The minimum Gasteiger partial charge on any atom is -0.478 e. The lowest BCUT2D eigenvalue weighted by atomic mass is 9.95. The van der Waals surface area contributed by atoms with E-state index in [0.29, 0.717) is 5.56 Å². The number of aryl methyl sites for hydroxylation is 1. The number of rotatable bonds is 2. The van der Waals surface area contributed by atoms with Gasteiger partial charge in [-0.3, -0.25) is 4.98 Å². The van der Waals surface area contributed by atoms with Crippen molar-refractivity contribution in [2.24, 2.45) is 0 Å². The predicted molar refractivity (Wildman–Crippen MR) is 67.5 cm³/mol. The molecular weight excluding hydrogens is 214 g/mol. The number of carbonyl (C=O) groups is 1. The molecule has 0 aliphatic rings. The molecule has 0 unspecified atom stereocenters. The summed E-state index contributed by atoms with van der Waals surface area (Å²) in [4.78, 5) is 15.7. The summed E-state index contributed by atoms with van der Waals surface area (Å²) < 4.78 is 0. The zero-order chi connectivity index (χ0) is 12.6. The monoisotopic (exact) mass is 229 g/mol. The molecule has 0 spiro atoms. The maximum absolute atomic E-state index is 11.4. The number of carboxylic acid groups (broad SMARTS) is 1. The Hall–Kier alpha value is -1.90. The van der Waals surface area contributed by atoms with Crippen LogP contribution in [0.5, 0.6) is 0 Å². The zero-order valence-corrected chi connectivity index (χ0v) is 10.2. The normalized spacial score (nSPS) is 11.1. The van der Waals surface area contributed by atoms with Gasteiger partial charge in [0.25, 0.3) is 0 Å². The zero-order valence-electron chi connectivity index (χ0n) is 10.2. The molecule has 1 heterocycles. The summed E-state index contributed by atoms with van der Waals surface area (Å²) in [6.07, 6.45) is 1.67. The van der Waals surface area contributed by atoms with Gasteiger partial charge in [-0.05, 0) is 30.5 Å². The minimum atomic E-state index is -0.883. The lowest BCUT2D eigenvalue weighted by Crippen LogP contribution is -2.06. The summed E-state index contributed by atoms with van der Waals surface area (Å²) >= 11 is 0. The lowest BCUT2D eigenvalue weighted by molar-refractivity contribution is 0.0697. The van der Waals surface area contributed by atoms with Crippen LogP contribution in [-0.2, 0) is 0 Å². The quantitative estimate of drug-likeness (QED) is 0.859. The molecule has 88 valence electrons. The number of carboxylic acids is 1. The van der Waals surface area contributed by atoms with Crippen LogP contribution in [0.4, 0.5) is 0 Å². The van der Waals surface area contributed by atoms with Crippen molar-refractivity contribution in [2.45, 2.75) is 26.7 Å². The third-order valence-electron chi connectivity index (χ3n) is 2.89. The SMILES string of the molecule is Cc1ccc2ncc(C(C)C)c(C(=O)O)c2c1. The predicted octanol–water partition coefficient (Wildman–Crippen LogP) is 3.36. The Balaban J connectivity index is 2.87. The van der Waals surface area contributed by atoms with Gasteiger partial charge in [-0.15, -0.1) is 0 Å². The Labute approximate surface area is 100 Å². The molecule has 1 N–H and O–H groups in total. The van der Waals surface area contributed by atoms with Crippen molar-refractivity contribution in [3.05, 3.63) is 41.1 Å². The molecule has 0 atom stereocenters. The van der Waals surface area contributed by atoms with Gasteiger partial charge in [0.15, 0.2) is 0 Å². The van der Waals surface area contributed by atoms with Crippen molar-refractivity contribution in [2.75, 3.05) is 0 Å². The molecule has 3 heteroatoms. The number of benzene rings is 1. The molecular formula is C14H15NO2. The average molecular weight is 229 g/mol. The Bertz CT molecular complexity index is 588. The van der Waals surface area contributed by atoms with Gasteiger partial charge < -0.3 is 5.11 Å². The fraction of sp³-hybridized carbons (Fsp3) is 0.286. The lowest BCUT2D eigenvalue weighted by Gasteiger charge is -2.12. The molecule has 0 aliphatic heterocycles. The van der Waals surface area contributed by atoms with E-state index in [2.05, 4.69) is 4.98 Å². The highest BCUT2D eigenvalue weighted by atomic mass is 16.4. The molecule has 0 radical (unpaired) electrons. The van der Waals surface area contributed by atoms with Gasteiger partial charge in [0.2, 0.25) is 0 Å². The van der Waals surface area contributed by atoms with E-state index < -0.39 is 5.97 Å². The Morgan fingerprint density at radius 2 is 2.06 bits per heavy atom. The summed E-state index contributed by atoms with van der Waals surface area (Å²) in [7, 11) is 0. The molecule has 2 aromatic rings. The fourth-order valence-corrected chi connectivity index (χ4v) is 2.00. The van der Waals surface area contributed by atoms with Crippen LogP contribution in [0.1, 0.15) is 41.3 Å². The van der Waals surface area contributed by atoms with Gasteiger partial charge in [-0.1, -0.05) is 25.5 Å². The first kappa shape index (κ1) is 11.6. The number of aromatic carboxylic acids is 1. The van der Waals surface area contributed by atoms with Gasteiger partial charge in [0, 0.05) is 11.6 Å². The molecule has 0 saturated carbocycles. The number of hydrogen-bond donors (Lipinski definition) is 1. The van der Waals surface area contributed by atoms with Crippen molar-refractivity contribution >= 4 is 16.9 Å². The van der Waals surface area contributed by atoms with Crippen molar-refractivity contribution in [1.29, 1.82) is 0 Å². The first-order chi connectivity index (χ1) is 8.00. The molecule has 0 bridgehead atoms. The Kier molecular flexibility index (Phi) is 2.84. The van der Waals surface area contributed by atoms with E-state index in [1.54, 1.807) is 6.20 Å². The maximum Gasteiger partial charge on any atom is 0.336 e. The number of fused-ring (bicyclic) bond motifs is 1. The Morgan fingerprint density at radius 3 is 2.65 bits per heavy atom. The van der Waals surface area contributed by atoms with E-state index in [9.17, 15) is 9.90 Å². The molecule has 0 fully saturated rings. The maximum atomic E-state index is 11.4. The largest absolute Gasteiger partial charge is 0.478 e. The van der Waals surface area contributed by atoms with Crippen LogP contribution in [0.2, 0.25) is 0 Å². The third-order valence-corrected chi connectivity index (χ3v) is 2.89. The second kappa shape index (κ2) is 4.17. The first-order valence-electron chi connectivity index (χ1n) is 5.63. The molecule has 1 aromatic heterocycles. The van der Waals surface area contributed by atoms with Crippen LogP contribution < -0.4 is 0 Å². The molecule has 0 saturated heterocycles. The number of nitrogens with zero attached hydrogens (tertiary/aromatic N) is 1. The van der Waals surface area contributed by atoms with E-state index in [1.807, 2.05) is 39.0 Å². The molecule has 3 nitrogen and oxygen atoms in total. The van der Waals surface area contributed by atoms with Gasteiger partial charge >= 0.3 is 5.97 Å². The van der Waals surface area contributed by atoms with Crippen LogP contribution in [0.15, 0.2) is 24.4 Å². The Morgan fingerprint density at radius 1 is 1.35 bits per heavy atom. The van der Waals surface area contributed by atoms with Crippen molar-refractivity contribution in [3.63, 3.8) is 0 Å². The van der Waals surface area contributed by atoms with E-state index >= 15 is 0 Å². The van der Waals surface area contributed by atoms with E-state index in [1.165, 1.54) is 0 Å². The van der Waals surface area contributed by atoms with Crippen LogP contribution in [0, 0.1) is 6.92 Å². The van der Waals surface area contributed by atoms with Crippen molar-refractivity contribution in [1.82, 2.24) is 4.98 Å². The van der Waals surface area contributed by atoms with E-state index in [-0.39, 0.29) is 5.92 Å². The standard InChI is InChI=1S/C14H15NO2/c1-8(2)11-7-15-12-5-4-9(3)6-10(12)13(11)14(16)17/h4-8H,1-3H3,(H,16,17). The van der Waals surface area contributed by atoms with Crippen LogP contribution in [0.3, 0.4) is 0 Å². The van der Waals surface area contributed by atoms with Crippen molar-refractivity contribution in [3.8, 4) is 0 Å². The van der Waals surface area contributed by atoms with Crippen LogP contribution in [0.25, 0.3) is 10.9 Å². The minimum absolute atomic E-state index is 0.151. The average Bonchev–Trinajstić information content (AvgIpc) is 2.26. The van der Waals surface area contributed by atoms with Crippen molar-refractivity contribution < 1.29 is 9.90 Å². The molecule has 0 aliphatic carbocycles. The molecule has 2 rings (SSSR count). The molecule has 1 aromatic carbocycles. The smallest absolute Gasteiger partial charge is 0.336 e. The number of pyridine rings is 1. The van der Waals surface area contributed by atoms with Gasteiger partial charge in [-0.2, -0.15) is 0 Å². The van der Waals surface area contributed by atoms with E-state index in [4.69, 9.17) is 0 Å². The number of aromatic nitrogens is 1. The topological polar surface area (TPSA) is 50.2 Å². The van der Waals surface area contributed by atoms with Gasteiger partial charge in [0.1, 0.15) is 0 Å². The van der Waals surface area contributed by atoms with Gasteiger partial charge in [-0.25, -0.2) is 4.79 Å². The molecule has 0 amide bonds. The fourth-order valence-electron chi connectivity index (χ4n) is 2.00. The summed E-state index contributed by atoms with van der Waals surface area (Å²) in [5.41, 5.74) is 2.95. The summed E-state index contributed by atoms with van der Waals surface area (Å²) in [6, 6.07) is 5.69. The first-order valence-corrected chi connectivity index (χ1v) is 5.63. The van der Waals surface area contributed by atoms with Gasteiger partial charge in [0.05, 0.1) is 11.1 Å². The van der Waals surface area contributed by atoms with Crippen LogP contribution >= 0.6 is 0 Å². The highest BCUT2D eigenvalue weighted by Crippen LogP contribution is 2.26. The third kappa shape index (κ3) is 2.00. The summed E-state index contributed by atoms with van der Waals surface area (Å²) in [5.74, 6) is -0.731. The molecule has 17 heavy (non-hydrogen) atoms. The summed E-state index contributed by atoms with van der Waals surface area (Å²) in [5, 5.41) is 10.1. The number of hydrogen-bond acceptors (Lipinski definition) is 2. The highest BCUT2D eigenvalue weighted by molar-refractivity contribution is 6.04. The summed E-state index contributed by atoms with van der Waals surface area (Å²) in [6.45, 7) is 5.91. The van der Waals surface area contributed by atoms with E-state index in [0.717, 1.165) is 22.0 Å². The highest BCUT2D eigenvalue weighted by Gasteiger charge is 2.17. The second-order valence-corrected chi connectivity index (χ2v) is 4.57.